The fourth-order valence-corrected chi connectivity index (χ4v) is 3.81. The van der Waals surface area contributed by atoms with Crippen LogP contribution in [-0.4, -0.2) is 18.3 Å². The molecule has 0 spiro atoms. The molecule has 19 heavy (non-hydrogen) atoms. The first-order chi connectivity index (χ1) is 9.22. The van der Waals surface area contributed by atoms with Gasteiger partial charge in [0.05, 0.1) is 5.69 Å². The Kier molecular flexibility index (Phi) is 3.55. The number of carbonyl (C=O) groups is 1. The number of benzene rings is 1. The van der Waals surface area contributed by atoms with Crippen LogP contribution in [-0.2, 0) is 4.79 Å². The van der Waals surface area contributed by atoms with E-state index in [1.165, 1.54) is 25.7 Å². The normalized spacial score (nSPS) is 18.8. The van der Waals surface area contributed by atoms with E-state index in [0.29, 0.717) is 5.75 Å². The molecule has 1 fully saturated rings. The average molecular weight is 278 g/mol. The van der Waals surface area contributed by atoms with Crippen molar-refractivity contribution >= 4 is 29.0 Å². The lowest BCUT2D eigenvalue weighted by Crippen LogP contribution is -2.25. The van der Waals surface area contributed by atoms with E-state index in [0.717, 1.165) is 27.9 Å². The van der Waals surface area contributed by atoms with Crippen LogP contribution >= 0.6 is 11.8 Å². The summed E-state index contributed by atoms with van der Waals surface area (Å²) in [7, 11) is 0. The number of nitrogens with two attached hydrogens (primary N) is 1. The maximum absolute atomic E-state index is 11.3. The lowest BCUT2D eigenvalue weighted by Gasteiger charge is -2.20. The van der Waals surface area contributed by atoms with Crippen molar-refractivity contribution in [1.82, 2.24) is 0 Å². The van der Waals surface area contributed by atoms with Gasteiger partial charge in [0.15, 0.2) is 6.61 Å². The van der Waals surface area contributed by atoms with Crippen molar-refractivity contribution in [2.24, 2.45) is 5.92 Å². The lowest BCUT2D eigenvalue weighted by atomic mass is 10.1. The van der Waals surface area contributed by atoms with Gasteiger partial charge in [-0.25, -0.2) is 0 Å². The molecule has 1 aromatic rings. The van der Waals surface area contributed by atoms with Crippen molar-refractivity contribution in [2.75, 3.05) is 23.4 Å². The van der Waals surface area contributed by atoms with E-state index < -0.39 is 0 Å². The molecule has 1 aromatic carbocycles. The van der Waals surface area contributed by atoms with E-state index in [1.54, 1.807) is 11.8 Å². The third-order valence-corrected chi connectivity index (χ3v) is 5.00. The zero-order valence-corrected chi connectivity index (χ0v) is 11.6. The highest BCUT2D eigenvalue weighted by atomic mass is 32.2. The van der Waals surface area contributed by atoms with Gasteiger partial charge in [0.25, 0.3) is 5.91 Å². The van der Waals surface area contributed by atoms with Gasteiger partial charge in [0.1, 0.15) is 5.75 Å². The third kappa shape index (κ3) is 2.81. The van der Waals surface area contributed by atoms with Gasteiger partial charge in [-0.1, -0.05) is 12.8 Å². The number of thioether (sulfide) groups is 1. The highest BCUT2D eigenvalue weighted by Gasteiger charge is 2.19. The minimum absolute atomic E-state index is 0.0704. The van der Waals surface area contributed by atoms with E-state index in [9.17, 15) is 4.79 Å². The van der Waals surface area contributed by atoms with Crippen LogP contribution in [0.4, 0.5) is 11.4 Å². The maximum atomic E-state index is 11.3. The molecule has 1 heterocycles. The molecule has 0 unspecified atom stereocenters. The van der Waals surface area contributed by atoms with Crippen molar-refractivity contribution in [3.8, 4) is 5.75 Å². The van der Waals surface area contributed by atoms with Crippen molar-refractivity contribution < 1.29 is 9.53 Å². The summed E-state index contributed by atoms with van der Waals surface area (Å²) in [6.45, 7) is 0.0704. The lowest BCUT2D eigenvalue weighted by molar-refractivity contribution is -0.118. The van der Waals surface area contributed by atoms with Crippen LogP contribution in [0.15, 0.2) is 17.0 Å². The minimum atomic E-state index is -0.107. The summed E-state index contributed by atoms with van der Waals surface area (Å²) in [5, 5.41) is 2.82. The van der Waals surface area contributed by atoms with Crippen LogP contribution in [0.2, 0.25) is 0 Å². The van der Waals surface area contributed by atoms with Gasteiger partial charge in [-0.2, -0.15) is 0 Å². The van der Waals surface area contributed by atoms with Crippen molar-refractivity contribution in [3.05, 3.63) is 12.1 Å². The molecule has 1 aliphatic heterocycles. The number of rotatable bonds is 3. The Morgan fingerprint density at radius 3 is 2.95 bits per heavy atom. The van der Waals surface area contributed by atoms with E-state index in [1.807, 2.05) is 12.1 Å². The number of nitrogen functional groups attached to an aromatic ring is 1. The van der Waals surface area contributed by atoms with Crippen LogP contribution in [0.25, 0.3) is 0 Å². The molecule has 1 saturated carbocycles. The highest BCUT2D eigenvalue weighted by Crippen LogP contribution is 2.39. The quantitative estimate of drug-likeness (QED) is 0.659. The second-order valence-electron chi connectivity index (χ2n) is 5.18. The molecular weight excluding hydrogens is 260 g/mol. The molecule has 0 bridgehead atoms. The largest absolute Gasteiger partial charge is 0.482 e. The third-order valence-electron chi connectivity index (χ3n) is 3.69. The second kappa shape index (κ2) is 5.33. The Balaban J connectivity index is 1.73. The first-order valence-corrected chi connectivity index (χ1v) is 7.70. The molecule has 4 nitrogen and oxygen atoms in total. The van der Waals surface area contributed by atoms with Gasteiger partial charge in [0, 0.05) is 22.4 Å². The van der Waals surface area contributed by atoms with Crippen LogP contribution in [0.5, 0.6) is 5.75 Å². The fraction of sp³-hybridized carbons (Fsp3) is 0.500. The maximum Gasteiger partial charge on any atom is 0.262 e. The van der Waals surface area contributed by atoms with E-state index >= 15 is 0 Å². The smallest absolute Gasteiger partial charge is 0.262 e. The van der Waals surface area contributed by atoms with E-state index in [2.05, 4.69) is 5.32 Å². The minimum Gasteiger partial charge on any atom is -0.482 e. The Labute approximate surface area is 117 Å². The average Bonchev–Trinajstić information content (AvgIpc) is 2.90. The molecule has 1 amide bonds. The first-order valence-electron chi connectivity index (χ1n) is 6.71. The van der Waals surface area contributed by atoms with Crippen LogP contribution in [0, 0.1) is 5.92 Å². The Morgan fingerprint density at radius 2 is 2.16 bits per heavy atom. The summed E-state index contributed by atoms with van der Waals surface area (Å²) < 4.78 is 5.35. The second-order valence-corrected chi connectivity index (χ2v) is 6.25. The molecule has 0 aromatic heterocycles. The molecule has 5 heteroatoms. The molecule has 2 aliphatic rings. The summed E-state index contributed by atoms with van der Waals surface area (Å²) in [6.07, 6.45) is 5.37. The van der Waals surface area contributed by atoms with Gasteiger partial charge in [0.2, 0.25) is 0 Å². The predicted octanol–water partition coefficient (Wildman–Crippen LogP) is 2.88. The van der Waals surface area contributed by atoms with Gasteiger partial charge < -0.3 is 15.8 Å². The number of nitrogens with one attached hydrogen (secondary N) is 1. The summed E-state index contributed by atoms with van der Waals surface area (Å²) in [5.74, 6) is 2.48. The van der Waals surface area contributed by atoms with Gasteiger partial charge in [-0.3, -0.25) is 4.79 Å². The predicted molar refractivity (Wildman–Crippen MR) is 77.7 cm³/mol. The van der Waals surface area contributed by atoms with Gasteiger partial charge >= 0.3 is 0 Å². The zero-order valence-electron chi connectivity index (χ0n) is 10.8. The molecule has 1 aliphatic carbocycles. The molecule has 3 N–H and O–H groups in total. The molecule has 0 atom stereocenters. The fourth-order valence-electron chi connectivity index (χ4n) is 2.63. The Hall–Kier alpha value is -1.36. The molecule has 102 valence electrons. The Morgan fingerprint density at radius 1 is 1.37 bits per heavy atom. The SMILES string of the molecule is Nc1cc2c(cc1SCC1CCCC1)NC(=O)CO2. The molecule has 3 rings (SSSR count). The number of hydrogen-bond donors (Lipinski definition) is 2. The monoisotopic (exact) mass is 278 g/mol. The number of amides is 1. The molecule has 0 saturated heterocycles. The topological polar surface area (TPSA) is 64.3 Å². The van der Waals surface area contributed by atoms with E-state index in [-0.39, 0.29) is 12.5 Å². The van der Waals surface area contributed by atoms with Crippen molar-refractivity contribution in [3.63, 3.8) is 0 Å². The summed E-state index contributed by atoms with van der Waals surface area (Å²) >= 11 is 1.79. The number of hydrogen-bond acceptors (Lipinski definition) is 4. The first kappa shape index (κ1) is 12.7. The standard InChI is InChI=1S/C14H18N2O2S/c15-10-5-12-11(16-14(17)7-18-12)6-13(10)19-8-9-3-1-2-4-9/h5-6,9H,1-4,7-8,15H2,(H,16,17). The zero-order chi connectivity index (χ0) is 13.2. The summed E-state index contributed by atoms with van der Waals surface area (Å²) in [5.41, 5.74) is 7.52. The van der Waals surface area contributed by atoms with Crippen LogP contribution in [0.3, 0.4) is 0 Å². The van der Waals surface area contributed by atoms with Crippen LogP contribution < -0.4 is 15.8 Å². The van der Waals surface area contributed by atoms with Crippen molar-refractivity contribution in [1.29, 1.82) is 0 Å². The van der Waals surface area contributed by atoms with Crippen molar-refractivity contribution in [2.45, 2.75) is 30.6 Å². The molecular formula is C14H18N2O2S. The van der Waals surface area contributed by atoms with E-state index in [4.69, 9.17) is 10.5 Å². The number of carbonyl (C=O) groups excluding carboxylic acids is 1. The number of ether oxygens (including phenoxy) is 1. The number of fused-ring (bicyclic) bond motifs is 1. The number of anilines is 2. The van der Waals surface area contributed by atoms with Crippen LogP contribution in [0.1, 0.15) is 25.7 Å². The Bertz CT molecular complexity index is 498. The molecule has 0 radical (unpaired) electrons. The van der Waals surface area contributed by atoms with Gasteiger partial charge in [-0.05, 0) is 24.8 Å². The summed E-state index contributed by atoms with van der Waals surface area (Å²) in [6, 6.07) is 3.74. The van der Waals surface area contributed by atoms with Gasteiger partial charge in [-0.15, -0.1) is 11.8 Å². The highest BCUT2D eigenvalue weighted by molar-refractivity contribution is 7.99. The summed E-state index contributed by atoms with van der Waals surface area (Å²) in [4.78, 5) is 12.4.